The minimum Gasteiger partial charge on any atom is -0.464 e. The van der Waals surface area contributed by atoms with Crippen LogP contribution in [0.2, 0.25) is 0 Å². The Morgan fingerprint density at radius 1 is 1.05 bits per heavy atom. The lowest BCUT2D eigenvalue weighted by molar-refractivity contribution is -0.143. The van der Waals surface area contributed by atoms with Crippen LogP contribution in [0.3, 0.4) is 0 Å². The summed E-state index contributed by atoms with van der Waals surface area (Å²) in [5.74, 6) is -1.77. The summed E-state index contributed by atoms with van der Waals surface area (Å²) in [5, 5.41) is 0. The third-order valence-corrected chi connectivity index (χ3v) is 2.75. The first-order valence-corrected chi connectivity index (χ1v) is 6.68. The standard InChI is InChI=1S/C14H20N4O4/c1-9(19)22-8-12(16)14(21)18-17-13(20)11(15)7-10-5-3-2-4-6-10/h2-6,11-12H,7-8,15-16H2,1H3,(H,17,20)(H,18,21)/t11-,12-/m0/s1. The zero-order valence-electron chi connectivity index (χ0n) is 12.2. The highest BCUT2D eigenvalue weighted by Crippen LogP contribution is 2.01. The number of carbonyl (C=O) groups excluding carboxylic acids is 3. The minimum atomic E-state index is -1.07. The molecule has 1 aromatic rings. The molecule has 2 amide bonds. The molecule has 8 nitrogen and oxygen atoms in total. The second-order valence-electron chi connectivity index (χ2n) is 4.68. The summed E-state index contributed by atoms with van der Waals surface area (Å²) in [6.07, 6.45) is 0.335. The zero-order valence-corrected chi connectivity index (χ0v) is 12.2. The van der Waals surface area contributed by atoms with E-state index >= 15 is 0 Å². The Balaban J connectivity index is 2.35. The number of hydrogen-bond donors (Lipinski definition) is 4. The third kappa shape index (κ3) is 6.33. The van der Waals surface area contributed by atoms with Crippen molar-refractivity contribution in [2.45, 2.75) is 25.4 Å². The van der Waals surface area contributed by atoms with Gasteiger partial charge in [-0.3, -0.25) is 25.2 Å². The Labute approximate surface area is 128 Å². The van der Waals surface area contributed by atoms with Crippen LogP contribution in [-0.2, 0) is 25.5 Å². The Kier molecular flexibility index (Phi) is 7.00. The molecular weight excluding hydrogens is 288 g/mol. The fourth-order valence-electron chi connectivity index (χ4n) is 1.55. The van der Waals surface area contributed by atoms with E-state index in [1.54, 1.807) is 0 Å². The fourth-order valence-corrected chi connectivity index (χ4v) is 1.55. The number of rotatable bonds is 6. The van der Waals surface area contributed by atoms with Crippen molar-refractivity contribution in [3.63, 3.8) is 0 Å². The van der Waals surface area contributed by atoms with Crippen molar-refractivity contribution >= 4 is 17.8 Å². The monoisotopic (exact) mass is 308 g/mol. The summed E-state index contributed by atoms with van der Waals surface area (Å²) >= 11 is 0. The lowest BCUT2D eigenvalue weighted by Crippen LogP contribution is -2.54. The second-order valence-corrected chi connectivity index (χ2v) is 4.68. The van der Waals surface area contributed by atoms with Gasteiger partial charge in [0.2, 0.25) is 0 Å². The largest absolute Gasteiger partial charge is 0.464 e. The molecule has 0 aliphatic carbocycles. The highest BCUT2D eigenvalue weighted by molar-refractivity contribution is 5.87. The van der Waals surface area contributed by atoms with Gasteiger partial charge in [-0.25, -0.2) is 0 Å². The molecule has 0 saturated heterocycles. The van der Waals surface area contributed by atoms with E-state index in [-0.39, 0.29) is 6.61 Å². The summed E-state index contributed by atoms with van der Waals surface area (Å²) in [5.41, 5.74) is 16.5. The summed E-state index contributed by atoms with van der Waals surface area (Å²) < 4.78 is 4.60. The van der Waals surface area contributed by atoms with Crippen molar-refractivity contribution in [2.24, 2.45) is 11.5 Å². The van der Waals surface area contributed by atoms with Crippen LogP contribution in [0.25, 0.3) is 0 Å². The van der Waals surface area contributed by atoms with Crippen molar-refractivity contribution < 1.29 is 19.1 Å². The molecular formula is C14H20N4O4. The predicted molar refractivity (Wildman–Crippen MR) is 79.0 cm³/mol. The molecule has 22 heavy (non-hydrogen) atoms. The number of amides is 2. The quantitative estimate of drug-likeness (QED) is 0.376. The molecule has 0 unspecified atom stereocenters. The van der Waals surface area contributed by atoms with Gasteiger partial charge in [-0.05, 0) is 12.0 Å². The van der Waals surface area contributed by atoms with Crippen LogP contribution in [-0.4, -0.2) is 36.5 Å². The fraction of sp³-hybridized carbons (Fsp3) is 0.357. The highest BCUT2D eigenvalue weighted by Gasteiger charge is 2.18. The van der Waals surface area contributed by atoms with Crippen LogP contribution in [0.15, 0.2) is 30.3 Å². The van der Waals surface area contributed by atoms with Gasteiger partial charge in [-0.1, -0.05) is 30.3 Å². The topological polar surface area (TPSA) is 137 Å². The SMILES string of the molecule is CC(=O)OC[C@H](N)C(=O)NNC(=O)[C@@H](N)Cc1ccccc1. The van der Waals surface area contributed by atoms with E-state index < -0.39 is 29.9 Å². The number of carbonyl (C=O) groups is 3. The summed E-state index contributed by atoms with van der Waals surface area (Å²) in [6, 6.07) is 7.36. The summed E-state index contributed by atoms with van der Waals surface area (Å²) in [7, 11) is 0. The van der Waals surface area contributed by atoms with Gasteiger partial charge < -0.3 is 16.2 Å². The maximum atomic E-state index is 11.8. The molecule has 120 valence electrons. The van der Waals surface area contributed by atoms with Crippen LogP contribution in [0.5, 0.6) is 0 Å². The van der Waals surface area contributed by atoms with E-state index in [2.05, 4.69) is 15.6 Å². The van der Waals surface area contributed by atoms with E-state index in [1.807, 2.05) is 30.3 Å². The van der Waals surface area contributed by atoms with Crippen molar-refractivity contribution in [1.82, 2.24) is 10.9 Å². The third-order valence-electron chi connectivity index (χ3n) is 2.75. The smallest absolute Gasteiger partial charge is 0.302 e. The summed E-state index contributed by atoms with van der Waals surface area (Å²) in [4.78, 5) is 33.9. The highest BCUT2D eigenvalue weighted by atomic mass is 16.5. The van der Waals surface area contributed by atoms with E-state index in [9.17, 15) is 14.4 Å². The average Bonchev–Trinajstić information content (AvgIpc) is 2.50. The number of benzene rings is 1. The maximum Gasteiger partial charge on any atom is 0.302 e. The first-order chi connectivity index (χ1) is 10.4. The molecule has 1 aromatic carbocycles. The van der Waals surface area contributed by atoms with Gasteiger partial charge in [-0.2, -0.15) is 0 Å². The first-order valence-electron chi connectivity index (χ1n) is 6.68. The Bertz CT molecular complexity index is 521. The Morgan fingerprint density at radius 2 is 1.59 bits per heavy atom. The molecule has 0 aliphatic heterocycles. The predicted octanol–water partition coefficient (Wildman–Crippen LogP) is -1.41. The molecule has 2 atom stereocenters. The lowest BCUT2D eigenvalue weighted by atomic mass is 10.1. The van der Waals surface area contributed by atoms with Gasteiger partial charge >= 0.3 is 5.97 Å². The van der Waals surface area contributed by atoms with Crippen LogP contribution in [0, 0.1) is 0 Å². The van der Waals surface area contributed by atoms with Gasteiger partial charge in [0.15, 0.2) is 0 Å². The molecule has 1 rings (SSSR count). The number of ether oxygens (including phenoxy) is 1. The average molecular weight is 308 g/mol. The molecule has 0 bridgehead atoms. The van der Waals surface area contributed by atoms with Crippen LogP contribution < -0.4 is 22.3 Å². The molecule has 0 radical (unpaired) electrons. The number of nitrogens with two attached hydrogens (primary N) is 2. The molecule has 0 aliphatic rings. The van der Waals surface area contributed by atoms with Crippen LogP contribution in [0.1, 0.15) is 12.5 Å². The van der Waals surface area contributed by atoms with Gasteiger partial charge in [0.25, 0.3) is 11.8 Å². The first kappa shape index (κ1) is 17.6. The molecule has 8 heteroatoms. The van der Waals surface area contributed by atoms with Crippen molar-refractivity contribution in [1.29, 1.82) is 0 Å². The summed E-state index contributed by atoms with van der Waals surface area (Å²) in [6.45, 7) is 0.933. The van der Waals surface area contributed by atoms with Crippen LogP contribution in [0.4, 0.5) is 0 Å². The molecule has 0 aromatic heterocycles. The lowest BCUT2D eigenvalue weighted by Gasteiger charge is -2.15. The molecule has 0 fully saturated rings. The molecule has 0 heterocycles. The number of hydrogen-bond acceptors (Lipinski definition) is 6. The minimum absolute atomic E-state index is 0.271. The van der Waals surface area contributed by atoms with E-state index in [0.29, 0.717) is 6.42 Å². The van der Waals surface area contributed by atoms with Crippen molar-refractivity contribution in [2.75, 3.05) is 6.61 Å². The van der Waals surface area contributed by atoms with Crippen molar-refractivity contribution in [3.8, 4) is 0 Å². The second kappa shape index (κ2) is 8.75. The maximum absolute atomic E-state index is 11.8. The number of esters is 1. The van der Waals surface area contributed by atoms with Gasteiger partial charge in [0, 0.05) is 6.92 Å². The molecule has 6 N–H and O–H groups in total. The van der Waals surface area contributed by atoms with Crippen molar-refractivity contribution in [3.05, 3.63) is 35.9 Å². The van der Waals surface area contributed by atoms with E-state index in [1.165, 1.54) is 6.92 Å². The molecule has 0 spiro atoms. The Morgan fingerprint density at radius 3 is 2.14 bits per heavy atom. The van der Waals surface area contributed by atoms with Gasteiger partial charge in [0.05, 0.1) is 6.04 Å². The number of nitrogens with one attached hydrogen (secondary N) is 2. The normalized spacial score (nSPS) is 12.9. The van der Waals surface area contributed by atoms with Gasteiger partial charge in [0.1, 0.15) is 12.6 Å². The Hall–Kier alpha value is -2.45. The zero-order chi connectivity index (χ0) is 16.5. The van der Waals surface area contributed by atoms with E-state index in [0.717, 1.165) is 5.56 Å². The van der Waals surface area contributed by atoms with Gasteiger partial charge in [-0.15, -0.1) is 0 Å². The van der Waals surface area contributed by atoms with E-state index in [4.69, 9.17) is 11.5 Å². The van der Waals surface area contributed by atoms with Crippen LogP contribution >= 0.6 is 0 Å². The molecule has 0 saturated carbocycles. The number of hydrazine groups is 1.